The molecule has 4 nitrogen and oxygen atoms in total. The molecule has 1 rings (SSSR count). The molecular weight excluding hydrogens is 216 g/mol. The molecule has 0 aromatic rings. The molecule has 0 unspecified atom stereocenters. The molecule has 0 aromatic carbocycles. The summed E-state index contributed by atoms with van der Waals surface area (Å²) < 4.78 is 0. The first-order chi connectivity index (χ1) is 7.41. The van der Waals surface area contributed by atoms with Crippen molar-refractivity contribution in [3.05, 3.63) is 0 Å². The molecule has 1 heterocycles. The van der Waals surface area contributed by atoms with Gasteiger partial charge in [0.25, 0.3) is 0 Å². The van der Waals surface area contributed by atoms with Crippen LogP contribution < -0.4 is 10.6 Å². The Hall–Kier alpha value is 0.0569. The second kappa shape index (κ2) is 6.12. The summed E-state index contributed by atoms with van der Waals surface area (Å²) in [5, 5.41) is 7.01. The van der Waals surface area contributed by atoms with Gasteiger partial charge in [-0.2, -0.15) is 0 Å². The Labute approximate surface area is 101 Å². The molecule has 0 aliphatic carbocycles. The molecule has 1 aliphatic heterocycles. The third-order valence-corrected chi connectivity index (χ3v) is 5.18. The highest BCUT2D eigenvalue weighted by Crippen LogP contribution is 2.13. The van der Waals surface area contributed by atoms with E-state index in [-0.39, 0.29) is 0 Å². The van der Waals surface area contributed by atoms with Gasteiger partial charge in [0.2, 0.25) is 0 Å². The van der Waals surface area contributed by atoms with E-state index in [0.29, 0.717) is 5.79 Å². The van der Waals surface area contributed by atoms with Gasteiger partial charge in [0.05, 0.1) is 20.5 Å². The third-order valence-electron chi connectivity index (χ3n) is 2.97. The van der Waals surface area contributed by atoms with Crippen molar-refractivity contribution in [2.45, 2.75) is 31.9 Å². The Bertz CT molecular complexity index is 203. The zero-order valence-electron chi connectivity index (χ0n) is 11.5. The highest BCUT2D eigenvalue weighted by molar-refractivity contribution is 6.77. The summed E-state index contributed by atoms with van der Waals surface area (Å²) in [6, 6.07) is 0. The Balaban J connectivity index is 2.41. The monoisotopic (exact) mass is 244 g/mol. The fourth-order valence-electron chi connectivity index (χ4n) is 2.24. The highest BCUT2D eigenvalue weighted by atomic mass is 28.3. The number of rotatable bonds is 5. The Morgan fingerprint density at radius 1 is 1.31 bits per heavy atom. The molecule has 0 spiro atoms. The largest absolute Gasteiger partial charge is 0.309 e. The van der Waals surface area contributed by atoms with Crippen LogP contribution in [-0.2, 0) is 0 Å². The summed E-state index contributed by atoms with van der Waals surface area (Å²) in [6.45, 7) is 11.7. The normalized spacial score (nSPS) is 24.0. The minimum atomic E-state index is -1.14. The molecule has 0 saturated carbocycles. The zero-order chi connectivity index (χ0) is 12.2. The van der Waals surface area contributed by atoms with Gasteiger partial charge in [0.1, 0.15) is 0 Å². The average molecular weight is 244 g/mol. The number of hydrogen-bond acceptors (Lipinski definition) is 4. The summed E-state index contributed by atoms with van der Waals surface area (Å²) in [5.41, 5.74) is 0. The predicted molar refractivity (Wildman–Crippen MR) is 73.0 cm³/mol. The van der Waals surface area contributed by atoms with E-state index >= 15 is 0 Å². The third kappa shape index (κ3) is 4.51. The minimum absolute atomic E-state index is 0.621. The molecule has 16 heavy (non-hydrogen) atoms. The van der Waals surface area contributed by atoms with Crippen LogP contribution in [0.5, 0.6) is 0 Å². The van der Waals surface area contributed by atoms with E-state index in [2.05, 4.69) is 54.2 Å². The van der Waals surface area contributed by atoms with Crippen molar-refractivity contribution < 1.29 is 0 Å². The molecule has 0 aromatic heterocycles. The van der Waals surface area contributed by atoms with Gasteiger partial charge in [-0.05, 0) is 27.1 Å². The van der Waals surface area contributed by atoms with Gasteiger partial charge in [-0.15, -0.1) is 0 Å². The first kappa shape index (κ1) is 14.1. The lowest BCUT2D eigenvalue weighted by molar-refractivity contribution is 0.150. The fourth-order valence-corrected chi connectivity index (χ4v) is 4.27. The molecule has 2 N–H and O–H groups in total. The molecule has 1 fully saturated rings. The van der Waals surface area contributed by atoms with Gasteiger partial charge in [-0.3, -0.25) is 15.5 Å². The van der Waals surface area contributed by atoms with Crippen molar-refractivity contribution in [1.82, 2.24) is 20.4 Å². The van der Waals surface area contributed by atoms with E-state index in [4.69, 9.17) is 0 Å². The maximum Gasteiger partial charge on any atom is 0.0819 e. The van der Waals surface area contributed by atoms with E-state index < -0.39 is 8.07 Å². The number of nitrogens with zero attached hydrogens (tertiary/aromatic N) is 2. The molecular formula is C11H28N4Si. The van der Waals surface area contributed by atoms with Crippen molar-refractivity contribution in [2.24, 2.45) is 0 Å². The molecule has 1 atom stereocenters. The van der Waals surface area contributed by atoms with Crippen LogP contribution in [0.1, 0.15) is 6.42 Å². The van der Waals surface area contributed by atoms with Crippen LogP contribution in [0.2, 0.25) is 19.6 Å². The van der Waals surface area contributed by atoms with Crippen molar-refractivity contribution in [1.29, 1.82) is 0 Å². The second-order valence-corrected chi connectivity index (χ2v) is 11.3. The molecule has 0 amide bonds. The Morgan fingerprint density at radius 2 is 2.00 bits per heavy atom. The van der Waals surface area contributed by atoms with Gasteiger partial charge < -0.3 is 4.90 Å². The lowest BCUT2D eigenvalue weighted by atomic mass is 10.4. The van der Waals surface area contributed by atoms with Crippen molar-refractivity contribution in [3.63, 3.8) is 0 Å². The first-order valence-electron chi connectivity index (χ1n) is 6.24. The van der Waals surface area contributed by atoms with E-state index in [1.807, 2.05) is 0 Å². The quantitative estimate of drug-likeness (QED) is 0.692. The number of hydrogen-bond donors (Lipinski definition) is 2. The topological polar surface area (TPSA) is 30.5 Å². The maximum atomic E-state index is 3.61. The summed E-state index contributed by atoms with van der Waals surface area (Å²) in [5.74, 6) is 0.621. The van der Waals surface area contributed by atoms with Gasteiger partial charge in [0, 0.05) is 13.2 Å². The van der Waals surface area contributed by atoms with Gasteiger partial charge in [-0.25, -0.2) is 0 Å². The fraction of sp³-hybridized carbons (Fsp3) is 1.00. The van der Waals surface area contributed by atoms with Crippen LogP contribution in [0, 0.1) is 0 Å². The van der Waals surface area contributed by atoms with Crippen LogP contribution in [0.4, 0.5) is 0 Å². The summed E-state index contributed by atoms with van der Waals surface area (Å²) in [6.07, 6.45) is 1.25. The van der Waals surface area contributed by atoms with E-state index in [1.54, 1.807) is 0 Å². The van der Waals surface area contributed by atoms with Crippen LogP contribution in [0.25, 0.3) is 0 Å². The lowest BCUT2D eigenvalue weighted by Crippen LogP contribution is -2.66. The second-order valence-electron chi connectivity index (χ2n) is 6.03. The molecule has 96 valence electrons. The molecule has 1 aliphatic rings. The smallest absolute Gasteiger partial charge is 0.0819 e. The van der Waals surface area contributed by atoms with Gasteiger partial charge in [-0.1, -0.05) is 19.6 Å². The zero-order valence-corrected chi connectivity index (χ0v) is 12.5. The van der Waals surface area contributed by atoms with E-state index in [0.717, 1.165) is 13.3 Å². The highest BCUT2D eigenvalue weighted by Gasteiger charge is 2.33. The van der Waals surface area contributed by atoms with E-state index in [9.17, 15) is 0 Å². The first-order valence-corrected chi connectivity index (χ1v) is 9.82. The van der Waals surface area contributed by atoms with E-state index in [1.165, 1.54) is 19.5 Å². The van der Waals surface area contributed by atoms with Crippen molar-refractivity contribution in [2.75, 3.05) is 40.5 Å². The predicted octanol–water partition coefficient (Wildman–Crippen LogP) is 0.551. The van der Waals surface area contributed by atoms with Crippen LogP contribution in [0.15, 0.2) is 0 Å². The molecule has 0 bridgehead atoms. The van der Waals surface area contributed by atoms with Gasteiger partial charge >= 0.3 is 0 Å². The van der Waals surface area contributed by atoms with Crippen LogP contribution in [0.3, 0.4) is 0 Å². The standard InChI is InChI=1S/C11H28N4Si/c1-14(2)7-6-8-15-10-12-9-13-11(15)16(3,4)5/h11-13H,6-10H2,1-5H3/t11-/m0/s1. The van der Waals surface area contributed by atoms with Crippen molar-refractivity contribution >= 4 is 8.07 Å². The summed E-state index contributed by atoms with van der Waals surface area (Å²) >= 11 is 0. The SMILES string of the molecule is CN(C)CCCN1CNCN[C@@H]1[Si](C)(C)C. The Morgan fingerprint density at radius 3 is 2.56 bits per heavy atom. The van der Waals surface area contributed by atoms with Crippen LogP contribution in [-0.4, -0.2) is 64.2 Å². The summed E-state index contributed by atoms with van der Waals surface area (Å²) in [4.78, 5) is 4.83. The van der Waals surface area contributed by atoms with Crippen LogP contribution >= 0.6 is 0 Å². The Kier molecular flexibility index (Phi) is 5.40. The van der Waals surface area contributed by atoms with Gasteiger partial charge in [0.15, 0.2) is 0 Å². The number of nitrogens with one attached hydrogen (secondary N) is 2. The lowest BCUT2D eigenvalue weighted by Gasteiger charge is -2.43. The van der Waals surface area contributed by atoms with Crippen molar-refractivity contribution in [3.8, 4) is 0 Å². The molecule has 1 saturated heterocycles. The minimum Gasteiger partial charge on any atom is -0.309 e. The summed E-state index contributed by atoms with van der Waals surface area (Å²) in [7, 11) is 3.15. The molecule has 5 heteroatoms. The molecule has 0 radical (unpaired) electrons. The maximum absolute atomic E-state index is 3.61. The average Bonchev–Trinajstić information content (AvgIpc) is 2.16.